The van der Waals surface area contributed by atoms with E-state index in [4.69, 9.17) is 5.73 Å². The second-order valence-corrected chi connectivity index (χ2v) is 6.47. The van der Waals surface area contributed by atoms with Crippen molar-refractivity contribution in [1.29, 1.82) is 0 Å². The van der Waals surface area contributed by atoms with Crippen molar-refractivity contribution in [2.45, 2.75) is 64.3 Å². The molecule has 0 aromatic carbocycles. The predicted molar refractivity (Wildman–Crippen MR) is 74.0 cm³/mol. The highest BCUT2D eigenvalue weighted by molar-refractivity contribution is 4.96. The van der Waals surface area contributed by atoms with Crippen molar-refractivity contribution in [3.8, 4) is 0 Å². The monoisotopic (exact) mass is 238 g/mol. The quantitative estimate of drug-likeness (QED) is 0.766. The van der Waals surface area contributed by atoms with Gasteiger partial charge in [0, 0.05) is 18.6 Å². The normalized spacial score (nSPS) is 40.4. The summed E-state index contributed by atoms with van der Waals surface area (Å²) in [5, 5.41) is 0. The van der Waals surface area contributed by atoms with Crippen LogP contribution in [0.25, 0.3) is 0 Å². The van der Waals surface area contributed by atoms with Gasteiger partial charge in [0.05, 0.1) is 0 Å². The lowest BCUT2D eigenvalue weighted by Gasteiger charge is -2.41. The van der Waals surface area contributed by atoms with Crippen molar-refractivity contribution in [3.63, 3.8) is 0 Å². The first-order valence-corrected chi connectivity index (χ1v) is 7.65. The molecule has 100 valence electrons. The van der Waals surface area contributed by atoms with E-state index in [-0.39, 0.29) is 0 Å². The van der Waals surface area contributed by atoms with Crippen LogP contribution in [0, 0.1) is 11.8 Å². The van der Waals surface area contributed by atoms with Crippen molar-refractivity contribution in [2.24, 2.45) is 17.6 Å². The fourth-order valence-electron chi connectivity index (χ4n) is 3.81. The molecule has 0 aromatic heterocycles. The Kier molecular flexibility index (Phi) is 4.48. The SMILES string of the molecule is CCC1CCN(C2(CN)CCCC(C)CC2)C1. The Morgan fingerprint density at radius 2 is 2.06 bits per heavy atom. The van der Waals surface area contributed by atoms with Gasteiger partial charge in [-0.3, -0.25) is 4.90 Å². The summed E-state index contributed by atoms with van der Waals surface area (Å²) in [6, 6.07) is 0. The Bertz CT molecular complexity index is 241. The van der Waals surface area contributed by atoms with Gasteiger partial charge in [0.2, 0.25) is 0 Å². The van der Waals surface area contributed by atoms with Crippen molar-refractivity contribution < 1.29 is 0 Å². The molecule has 2 aliphatic rings. The summed E-state index contributed by atoms with van der Waals surface area (Å²) >= 11 is 0. The molecule has 3 unspecified atom stereocenters. The van der Waals surface area contributed by atoms with E-state index >= 15 is 0 Å². The van der Waals surface area contributed by atoms with Gasteiger partial charge in [-0.2, -0.15) is 0 Å². The third-order valence-corrected chi connectivity index (χ3v) is 5.36. The smallest absolute Gasteiger partial charge is 0.0331 e. The van der Waals surface area contributed by atoms with Crippen LogP contribution in [-0.2, 0) is 0 Å². The minimum absolute atomic E-state index is 0.356. The molecule has 2 heteroatoms. The van der Waals surface area contributed by atoms with E-state index in [1.165, 1.54) is 58.0 Å². The Morgan fingerprint density at radius 3 is 2.71 bits per heavy atom. The first-order valence-electron chi connectivity index (χ1n) is 7.65. The molecule has 17 heavy (non-hydrogen) atoms. The van der Waals surface area contributed by atoms with Crippen LogP contribution in [0.3, 0.4) is 0 Å². The van der Waals surface area contributed by atoms with E-state index in [0.717, 1.165) is 18.4 Å². The van der Waals surface area contributed by atoms with Crippen LogP contribution in [0.5, 0.6) is 0 Å². The van der Waals surface area contributed by atoms with Crippen LogP contribution < -0.4 is 5.73 Å². The second-order valence-electron chi connectivity index (χ2n) is 6.47. The zero-order valence-electron chi connectivity index (χ0n) is 11.8. The fraction of sp³-hybridized carbons (Fsp3) is 1.00. The molecule has 2 fully saturated rings. The van der Waals surface area contributed by atoms with E-state index in [0.29, 0.717) is 5.54 Å². The maximum Gasteiger partial charge on any atom is 0.0331 e. The summed E-state index contributed by atoms with van der Waals surface area (Å²) in [7, 11) is 0. The zero-order chi connectivity index (χ0) is 12.3. The molecule has 1 saturated heterocycles. The maximum absolute atomic E-state index is 6.18. The lowest BCUT2D eigenvalue weighted by atomic mass is 9.88. The molecule has 0 spiro atoms. The number of hydrogen-bond acceptors (Lipinski definition) is 2. The molecule has 0 aromatic rings. The molecular weight excluding hydrogens is 208 g/mol. The van der Waals surface area contributed by atoms with Gasteiger partial charge in [0.25, 0.3) is 0 Å². The van der Waals surface area contributed by atoms with Gasteiger partial charge in [-0.15, -0.1) is 0 Å². The van der Waals surface area contributed by atoms with Gasteiger partial charge >= 0.3 is 0 Å². The molecule has 1 saturated carbocycles. The van der Waals surface area contributed by atoms with Crippen LogP contribution in [0.1, 0.15) is 58.8 Å². The highest BCUT2D eigenvalue weighted by Crippen LogP contribution is 2.37. The first-order chi connectivity index (χ1) is 8.20. The van der Waals surface area contributed by atoms with Gasteiger partial charge in [-0.1, -0.05) is 33.1 Å². The Labute approximate surface area is 107 Å². The molecule has 0 amide bonds. The second kappa shape index (κ2) is 5.71. The van der Waals surface area contributed by atoms with Gasteiger partial charge in [-0.05, 0) is 44.1 Å². The minimum Gasteiger partial charge on any atom is -0.329 e. The van der Waals surface area contributed by atoms with E-state index in [2.05, 4.69) is 18.7 Å². The molecule has 1 aliphatic heterocycles. The van der Waals surface area contributed by atoms with Gasteiger partial charge in [0.15, 0.2) is 0 Å². The highest BCUT2D eigenvalue weighted by atomic mass is 15.2. The summed E-state index contributed by atoms with van der Waals surface area (Å²) in [6.45, 7) is 8.21. The Hall–Kier alpha value is -0.0800. The number of hydrogen-bond donors (Lipinski definition) is 1. The molecular formula is C15H30N2. The van der Waals surface area contributed by atoms with Crippen LogP contribution in [0.2, 0.25) is 0 Å². The predicted octanol–water partition coefficient (Wildman–Crippen LogP) is 3.02. The number of nitrogens with zero attached hydrogens (tertiary/aromatic N) is 1. The van der Waals surface area contributed by atoms with Crippen molar-refractivity contribution in [2.75, 3.05) is 19.6 Å². The maximum atomic E-state index is 6.18. The Balaban J connectivity index is 2.03. The zero-order valence-corrected chi connectivity index (χ0v) is 11.8. The average Bonchev–Trinajstić information content (AvgIpc) is 2.75. The van der Waals surface area contributed by atoms with Gasteiger partial charge in [-0.25, -0.2) is 0 Å². The number of likely N-dealkylation sites (tertiary alicyclic amines) is 1. The molecule has 1 aliphatic carbocycles. The topological polar surface area (TPSA) is 29.3 Å². The molecule has 0 bridgehead atoms. The summed E-state index contributed by atoms with van der Waals surface area (Å²) < 4.78 is 0. The van der Waals surface area contributed by atoms with E-state index in [9.17, 15) is 0 Å². The van der Waals surface area contributed by atoms with Crippen LogP contribution >= 0.6 is 0 Å². The highest BCUT2D eigenvalue weighted by Gasteiger charge is 2.39. The summed E-state index contributed by atoms with van der Waals surface area (Å²) in [5.74, 6) is 1.84. The summed E-state index contributed by atoms with van der Waals surface area (Å²) in [4.78, 5) is 2.75. The van der Waals surface area contributed by atoms with Crippen molar-refractivity contribution in [1.82, 2.24) is 4.90 Å². The minimum atomic E-state index is 0.356. The molecule has 2 nitrogen and oxygen atoms in total. The van der Waals surface area contributed by atoms with Gasteiger partial charge < -0.3 is 5.73 Å². The number of rotatable bonds is 3. The van der Waals surface area contributed by atoms with Crippen LogP contribution in [-0.4, -0.2) is 30.1 Å². The van der Waals surface area contributed by atoms with E-state index < -0.39 is 0 Å². The van der Waals surface area contributed by atoms with Crippen LogP contribution in [0.15, 0.2) is 0 Å². The largest absolute Gasteiger partial charge is 0.329 e. The first kappa shape index (κ1) is 13.4. The summed E-state index contributed by atoms with van der Waals surface area (Å²) in [5.41, 5.74) is 6.53. The van der Waals surface area contributed by atoms with Crippen molar-refractivity contribution in [3.05, 3.63) is 0 Å². The van der Waals surface area contributed by atoms with E-state index in [1.54, 1.807) is 0 Å². The van der Waals surface area contributed by atoms with E-state index in [1.807, 2.05) is 0 Å². The summed E-state index contributed by atoms with van der Waals surface area (Å²) in [6.07, 6.45) is 9.58. The van der Waals surface area contributed by atoms with Gasteiger partial charge in [0.1, 0.15) is 0 Å². The fourth-order valence-corrected chi connectivity index (χ4v) is 3.81. The standard InChI is InChI=1S/C15H30N2/c1-3-14-7-10-17(11-14)15(12-16)8-4-5-13(2)6-9-15/h13-14H,3-12,16H2,1-2H3. The van der Waals surface area contributed by atoms with Crippen LogP contribution in [0.4, 0.5) is 0 Å². The lowest BCUT2D eigenvalue weighted by Crippen LogP contribution is -2.52. The molecule has 0 radical (unpaired) electrons. The Morgan fingerprint density at radius 1 is 1.24 bits per heavy atom. The van der Waals surface area contributed by atoms with Crippen molar-refractivity contribution >= 4 is 0 Å². The third kappa shape index (κ3) is 2.85. The molecule has 3 atom stereocenters. The third-order valence-electron chi connectivity index (χ3n) is 5.36. The molecule has 2 N–H and O–H groups in total. The molecule has 2 rings (SSSR count). The lowest BCUT2D eigenvalue weighted by molar-refractivity contribution is 0.0996. The molecule has 1 heterocycles. The average molecular weight is 238 g/mol. The number of nitrogens with two attached hydrogens (primary N) is 1.